The van der Waals surface area contributed by atoms with Crippen molar-refractivity contribution in [3.63, 3.8) is 0 Å². The molecule has 0 heterocycles. The van der Waals surface area contributed by atoms with Crippen LogP contribution in [0.25, 0.3) is 5.57 Å². The molecule has 0 fully saturated rings. The van der Waals surface area contributed by atoms with Crippen LogP contribution in [0.2, 0.25) is 0 Å². The summed E-state index contributed by atoms with van der Waals surface area (Å²) in [4.78, 5) is 22.7. The number of nitrogens with one attached hydrogen (secondary N) is 1. The molecule has 0 bridgehead atoms. The van der Waals surface area contributed by atoms with E-state index in [0.717, 1.165) is 19.1 Å². The molecule has 10 heteroatoms. The lowest BCUT2D eigenvalue weighted by atomic mass is 9.79. The first-order chi connectivity index (χ1) is 17.1. The first-order valence-corrected chi connectivity index (χ1v) is 11.1. The fraction of sp³-hybridized carbons (Fsp3) is 0.308. The Morgan fingerprint density at radius 1 is 1.06 bits per heavy atom. The van der Waals surface area contributed by atoms with Gasteiger partial charge in [0.05, 0.1) is 0 Å². The van der Waals surface area contributed by atoms with E-state index in [1.807, 2.05) is 0 Å². The Labute approximate surface area is 205 Å². The zero-order chi connectivity index (χ0) is 26.4. The number of benzene rings is 2. The van der Waals surface area contributed by atoms with Crippen LogP contribution in [0.3, 0.4) is 0 Å². The number of hydrogen-bond donors (Lipinski definition) is 1. The SMILES string of the molecule is CC(=O)OC(C)OC(=O)COc1ccc(F)c(NCC2C(F)=CC=C(c3cccc(F)c3)C2C)c1F. The van der Waals surface area contributed by atoms with Crippen molar-refractivity contribution >= 4 is 23.2 Å². The third-order valence-electron chi connectivity index (χ3n) is 5.56. The summed E-state index contributed by atoms with van der Waals surface area (Å²) in [7, 11) is 0. The molecule has 3 rings (SSSR count). The number of hydrogen-bond acceptors (Lipinski definition) is 6. The zero-order valence-electron chi connectivity index (χ0n) is 19.8. The van der Waals surface area contributed by atoms with Gasteiger partial charge in [0, 0.05) is 26.3 Å². The van der Waals surface area contributed by atoms with Gasteiger partial charge in [-0.25, -0.2) is 22.4 Å². The Hall–Kier alpha value is -3.82. The van der Waals surface area contributed by atoms with Gasteiger partial charge in [-0.05, 0) is 47.4 Å². The number of rotatable bonds is 9. The van der Waals surface area contributed by atoms with Crippen LogP contribution in [0.5, 0.6) is 5.75 Å². The number of ether oxygens (including phenoxy) is 3. The molecule has 0 saturated carbocycles. The molecule has 0 spiro atoms. The predicted octanol–water partition coefficient (Wildman–Crippen LogP) is 5.55. The van der Waals surface area contributed by atoms with E-state index in [1.165, 1.54) is 25.1 Å². The molecule has 2 aromatic rings. The van der Waals surface area contributed by atoms with Gasteiger partial charge in [-0.1, -0.05) is 25.1 Å². The molecule has 0 saturated heterocycles. The van der Waals surface area contributed by atoms with E-state index in [4.69, 9.17) is 9.47 Å². The molecule has 3 unspecified atom stereocenters. The zero-order valence-corrected chi connectivity index (χ0v) is 19.8. The van der Waals surface area contributed by atoms with Crippen LogP contribution in [0, 0.1) is 29.3 Å². The smallest absolute Gasteiger partial charge is 0.347 e. The maximum Gasteiger partial charge on any atom is 0.347 e. The average Bonchev–Trinajstić information content (AvgIpc) is 2.79. The van der Waals surface area contributed by atoms with Crippen molar-refractivity contribution in [1.82, 2.24) is 0 Å². The molecule has 0 amide bonds. The Morgan fingerprint density at radius 2 is 1.81 bits per heavy atom. The number of anilines is 1. The van der Waals surface area contributed by atoms with E-state index < -0.39 is 71.4 Å². The summed E-state index contributed by atoms with van der Waals surface area (Å²) in [5.41, 5.74) is 0.706. The fourth-order valence-corrected chi connectivity index (χ4v) is 3.83. The van der Waals surface area contributed by atoms with Crippen LogP contribution in [0.15, 0.2) is 54.4 Å². The van der Waals surface area contributed by atoms with E-state index in [0.29, 0.717) is 11.1 Å². The average molecular weight is 507 g/mol. The minimum absolute atomic E-state index is 0.171. The van der Waals surface area contributed by atoms with Gasteiger partial charge in [0.2, 0.25) is 6.29 Å². The number of allylic oxidation sites excluding steroid dienone is 3. The first-order valence-electron chi connectivity index (χ1n) is 11.1. The second-order valence-electron chi connectivity index (χ2n) is 8.15. The van der Waals surface area contributed by atoms with E-state index in [1.54, 1.807) is 25.1 Å². The summed E-state index contributed by atoms with van der Waals surface area (Å²) in [6.45, 7) is 3.29. The Balaban J connectivity index is 1.67. The molecule has 192 valence electrons. The molecule has 0 aromatic heterocycles. The van der Waals surface area contributed by atoms with Gasteiger partial charge in [-0.3, -0.25) is 4.79 Å². The van der Waals surface area contributed by atoms with Crippen LogP contribution in [0.4, 0.5) is 23.2 Å². The maximum absolute atomic E-state index is 14.9. The molecule has 0 radical (unpaired) electrons. The van der Waals surface area contributed by atoms with Crippen molar-refractivity contribution < 1.29 is 41.4 Å². The van der Waals surface area contributed by atoms with Crippen LogP contribution >= 0.6 is 0 Å². The highest BCUT2D eigenvalue weighted by atomic mass is 19.1. The number of esters is 2. The Morgan fingerprint density at radius 3 is 2.50 bits per heavy atom. The largest absolute Gasteiger partial charge is 0.479 e. The quantitative estimate of drug-likeness (QED) is 0.273. The predicted molar refractivity (Wildman–Crippen MR) is 124 cm³/mol. The van der Waals surface area contributed by atoms with E-state index in [9.17, 15) is 27.2 Å². The summed E-state index contributed by atoms with van der Waals surface area (Å²) < 4.78 is 72.2. The minimum Gasteiger partial charge on any atom is -0.479 e. The van der Waals surface area contributed by atoms with Gasteiger partial charge < -0.3 is 19.5 Å². The van der Waals surface area contributed by atoms with Gasteiger partial charge in [-0.2, -0.15) is 0 Å². The van der Waals surface area contributed by atoms with Gasteiger partial charge >= 0.3 is 11.9 Å². The lowest BCUT2D eigenvalue weighted by Crippen LogP contribution is -2.26. The summed E-state index contributed by atoms with van der Waals surface area (Å²) >= 11 is 0. The van der Waals surface area contributed by atoms with Gasteiger partial charge in [0.15, 0.2) is 18.2 Å². The van der Waals surface area contributed by atoms with Crippen LogP contribution < -0.4 is 10.1 Å². The van der Waals surface area contributed by atoms with Gasteiger partial charge in [-0.15, -0.1) is 0 Å². The minimum atomic E-state index is -1.17. The summed E-state index contributed by atoms with van der Waals surface area (Å²) in [6, 6.07) is 7.80. The Kier molecular flexibility index (Phi) is 8.73. The molecular formula is C26H25F4NO5. The number of carbonyl (C=O) groups is 2. The van der Waals surface area contributed by atoms with Gasteiger partial charge in [0.25, 0.3) is 0 Å². The van der Waals surface area contributed by atoms with E-state index in [-0.39, 0.29) is 6.54 Å². The van der Waals surface area contributed by atoms with Crippen LogP contribution in [0.1, 0.15) is 26.3 Å². The summed E-state index contributed by atoms with van der Waals surface area (Å²) in [6.07, 6.45) is 1.64. The molecule has 1 aliphatic rings. The molecule has 3 atom stereocenters. The summed E-state index contributed by atoms with van der Waals surface area (Å²) in [5, 5.41) is 2.59. The first kappa shape index (κ1) is 26.8. The molecular weight excluding hydrogens is 482 g/mol. The van der Waals surface area contributed by atoms with Crippen molar-refractivity contribution in [1.29, 1.82) is 0 Å². The van der Waals surface area contributed by atoms with Crippen molar-refractivity contribution in [2.45, 2.75) is 27.1 Å². The van der Waals surface area contributed by atoms with Crippen molar-refractivity contribution in [3.05, 3.63) is 77.4 Å². The van der Waals surface area contributed by atoms with Crippen molar-refractivity contribution in [2.75, 3.05) is 18.5 Å². The molecule has 6 nitrogen and oxygen atoms in total. The second-order valence-corrected chi connectivity index (χ2v) is 8.15. The molecule has 1 N–H and O–H groups in total. The van der Waals surface area contributed by atoms with Crippen molar-refractivity contribution in [3.8, 4) is 5.75 Å². The lowest BCUT2D eigenvalue weighted by Gasteiger charge is -2.29. The standard InChI is InChI=1S/C26H25F4NO5/c1-14-19(17-5-4-6-18(27)11-17)7-8-21(28)20(14)12-31-26-22(29)9-10-23(25(26)30)34-13-24(33)36-16(3)35-15(2)32/h4-11,14,16,20,31H,12-13H2,1-3H3. The number of halogens is 4. The topological polar surface area (TPSA) is 73.9 Å². The van der Waals surface area contributed by atoms with Crippen molar-refractivity contribution in [2.24, 2.45) is 11.8 Å². The van der Waals surface area contributed by atoms with E-state index >= 15 is 0 Å². The number of carbonyl (C=O) groups excluding carboxylic acids is 2. The second kappa shape index (κ2) is 11.7. The summed E-state index contributed by atoms with van der Waals surface area (Å²) in [5.74, 6) is -6.24. The highest BCUT2D eigenvalue weighted by molar-refractivity contribution is 5.72. The fourth-order valence-electron chi connectivity index (χ4n) is 3.83. The lowest BCUT2D eigenvalue weighted by molar-refractivity contribution is -0.184. The monoisotopic (exact) mass is 507 g/mol. The molecule has 2 aromatic carbocycles. The third kappa shape index (κ3) is 6.65. The highest BCUT2D eigenvalue weighted by Gasteiger charge is 2.29. The highest BCUT2D eigenvalue weighted by Crippen LogP contribution is 2.38. The van der Waals surface area contributed by atoms with E-state index in [2.05, 4.69) is 10.1 Å². The third-order valence-corrected chi connectivity index (χ3v) is 5.56. The van der Waals surface area contributed by atoms with Crippen LogP contribution in [-0.4, -0.2) is 31.4 Å². The molecule has 36 heavy (non-hydrogen) atoms. The maximum atomic E-state index is 14.9. The van der Waals surface area contributed by atoms with Crippen LogP contribution in [-0.2, 0) is 19.1 Å². The molecule has 1 aliphatic carbocycles. The van der Waals surface area contributed by atoms with Gasteiger partial charge in [0.1, 0.15) is 23.1 Å². The molecule has 0 aliphatic heterocycles. The normalized spacial score (nSPS) is 18.0. The Bertz CT molecular complexity index is 1200.